The molecule has 2 aromatic rings. The van der Waals surface area contributed by atoms with Gasteiger partial charge in [-0.15, -0.1) is 0 Å². The highest BCUT2D eigenvalue weighted by molar-refractivity contribution is 5.93. The van der Waals surface area contributed by atoms with Gasteiger partial charge in [0.2, 0.25) is 0 Å². The minimum absolute atomic E-state index is 0.00720. The van der Waals surface area contributed by atoms with Crippen molar-refractivity contribution in [3.05, 3.63) is 58.7 Å². The van der Waals surface area contributed by atoms with E-state index in [2.05, 4.69) is 5.32 Å². The molecule has 0 atom stereocenters. The van der Waals surface area contributed by atoms with Gasteiger partial charge in [-0.1, -0.05) is 29.8 Å². The fourth-order valence-corrected chi connectivity index (χ4v) is 2.39. The zero-order valence-corrected chi connectivity index (χ0v) is 13.1. The number of rotatable bonds is 5. The van der Waals surface area contributed by atoms with Crippen LogP contribution in [0.4, 0.5) is 5.69 Å². The molecule has 2 rings (SSSR count). The van der Waals surface area contributed by atoms with Gasteiger partial charge in [-0.2, -0.15) is 0 Å². The van der Waals surface area contributed by atoms with Gasteiger partial charge in [0, 0.05) is 5.69 Å². The fourth-order valence-electron chi connectivity index (χ4n) is 2.39. The lowest BCUT2D eigenvalue weighted by Gasteiger charge is -2.13. The molecular formula is C18H21NO3. The van der Waals surface area contributed by atoms with Gasteiger partial charge in [0.25, 0.3) is 5.91 Å². The van der Waals surface area contributed by atoms with Crippen LogP contribution in [0.1, 0.15) is 22.3 Å². The summed E-state index contributed by atoms with van der Waals surface area (Å²) >= 11 is 0. The molecule has 116 valence electrons. The average molecular weight is 299 g/mol. The molecule has 0 bridgehead atoms. The number of aryl methyl sites for hydroxylation is 3. The number of hydrogen-bond acceptors (Lipinski definition) is 3. The van der Waals surface area contributed by atoms with Crippen LogP contribution < -0.4 is 10.1 Å². The van der Waals surface area contributed by atoms with Crippen molar-refractivity contribution < 1.29 is 14.6 Å². The number of benzene rings is 2. The molecule has 0 fully saturated rings. The van der Waals surface area contributed by atoms with Gasteiger partial charge in [-0.05, 0) is 49.6 Å². The molecule has 0 spiro atoms. The van der Waals surface area contributed by atoms with E-state index in [0.29, 0.717) is 5.75 Å². The standard InChI is InChI=1S/C18H21NO3/c1-12-8-13(2)18(14(3)9-12)19-17(21)11-22-16-6-4-15(10-20)5-7-16/h4-9,20H,10-11H2,1-3H3,(H,19,21). The third-order valence-electron chi connectivity index (χ3n) is 3.42. The predicted molar refractivity (Wildman–Crippen MR) is 87.1 cm³/mol. The molecule has 0 unspecified atom stereocenters. The first kappa shape index (κ1) is 16.0. The van der Waals surface area contributed by atoms with E-state index in [1.54, 1.807) is 24.3 Å². The van der Waals surface area contributed by atoms with E-state index in [0.717, 1.165) is 22.4 Å². The first-order valence-electron chi connectivity index (χ1n) is 7.20. The number of carbonyl (C=O) groups is 1. The average Bonchev–Trinajstić information content (AvgIpc) is 2.49. The van der Waals surface area contributed by atoms with Crippen molar-refractivity contribution in [2.24, 2.45) is 0 Å². The molecule has 4 nitrogen and oxygen atoms in total. The Labute approximate surface area is 130 Å². The summed E-state index contributed by atoms with van der Waals surface area (Å²) in [6, 6.07) is 11.1. The van der Waals surface area contributed by atoms with Crippen molar-refractivity contribution in [1.29, 1.82) is 0 Å². The monoisotopic (exact) mass is 299 g/mol. The van der Waals surface area contributed by atoms with Crippen LogP contribution in [-0.2, 0) is 11.4 Å². The SMILES string of the molecule is Cc1cc(C)c(NC(=O)COc2ccc(CO)cc2)c(C)c1. The van der Waals surface area contributed by atoms with Crippen LogP contribution in [0.15, 0.2) is 36.4 Å². The Balaban J connectivity index is 1.95. The number of nitrogens with one attached hydrogen (secondary N) is 1. The largest absolute Gasteiger partial charge is 0.484 e. The molecule has 2 N–H and O–H groups in total. The van der Waals surface area contributed by atoms with Crippen LogP contribution in [0.5, 0.6) is 5.75 Å². The van der Waals surface area contributed by atoms with Crippen LogP contribution in [0.25, 0.3) is 0 Å². The van der Waals surface area contributed by atoms with Crippen molar-refractivity contribution in [2.45, 2.75) is 27.4 Å². The smallest absolute Gasteiger partial charge is 0.262 e. The van der Waals surface area contributed by atoms with E-state index in [-0.39, 0.29) is 19.1 Å². The molecule has 0 saturated heterocycles. The van der Waals surface area contributed by atoms with Crippen molar-refractivity contribution in [3.8, 4) is 5.75 Å². The lowest BCUT2D eigenvalue weighted by Crippen LogP contribution is -2.21. The summed E-state index contributed by atoms with van der Waals surface area (Å²) in [5, 5.41) is 11.9. The Kier molecular flexibility index (Phi) is 5.17. The van der Waals surface area contributed by atoms with E-state index >= 15 is 0 Å². The molecule has 22 heavy (non-hydrogen) atoms. The maximum atomic E-state index is 12.0. The van der Waals surface area contributed by atoms with E-state index in [1.807, 2.05) is 32.9 Å². The number of amides is 1. The Morgan fingerprint density at radius 2 is 1.68 bits per heavy atom. The summed E-state index contributed by atoms with van der Waals surface area (Å²) in [6.07, 6.45) is 0. The van der Waals surface area contributed by atoms with E-state index in [4.69, 9.17) is 9.84 Å². The zero-order chi connectivity index (χ0) is 16.1. The molecule has 0 aliphatic carbocycles. The topological polar surface area (TPSA) is 58.6 Å². The number of hydrogen-bond donors (Lipinski definition) is 2. The molecule has 0 heterocycles. The third kappa shape index (κ3) is 4.09. The first-order chi connectivity index (χ1) is 10.5. The maximum Gasteiger partial charge on any atom is 0.262 e. The van der Waals surface area contributed by atoms with Crippen molar-refractivity contribution in [2.75, 3.05) is 11.9 Å². The highest BCUT2D eigenvalue weighted by Crippen LogP contribution is 2.22. The van der Waals surface area contributed by atoms with Gasteiger partial charge in [0.05, 0.1) is 6.61 Å². The highest BCUT2D eigenvalue weighted by Gasteiger charge is 2.09. The minimum atomic E-state index is -0.193. The summed E-state index contributed by atoms with van der Waals surface area (Å²) in [7, 11) is 0. The molecule has 0 aromatic heterocycles. The van der Waals surface area contributed by atoms with Gasteiger partial charge >= 0.3 is 0 Å². The second kappa shape index (κ2) is 7.09. The molecule has 4 heteroatoms. The van der Waals surface area contributed by atoms with Crippen LogP contribution in [0.3, 0.4) is 0 Å². The molecule has 1 amide bonds. The Morgan fingerprint density at radius 3 is 2.23 bits per heavy atom. The van der Waals surface area contributed by atoms with Crippen molar-refractivity contribution in [1.82, 2.24) is 0 Å². The van der Waals surface area contributed by atoms with Gasteiger partial charge in [0.15, 0.2) is 6.61 Å². The number of aliphatic hydroxyl groups excluding tert-OH is 1. The maximum absolute atomic E-state index is 12.0. The summed E-state index contributed by atoms with van der Waals surface area (Å²) in [4.78, 5) is 12.0. The van der Waals surface area contributed by atoms with E-state index < -0.39 is 0 Å². The lowest BCUT2D eigenvalue weighted by atomic mass is 10.1. The first-order valence-corrected chi connectivity index (χ1v) is 7.20. The molecule has 0 aliphatic heterocycles. The van der Waals surface area contributed by atoms with Gasteiger partial charge < -0.3 is 15.2 Å². The third-order valence-corrected chi connectivity index (χ3v) is 3.42. The second-order valence-corrected chi connectivity index (χ2v) is 5.41. The Morgan fingerprint density at radius 1 is 1.09 bits per heavy atom. The second-order valence-electron chi connectivity index (χ2n) is 5.41. The van der Waals surface area contributed by atoms with Crippen LogP contribution in [0.2, 0.25) is 0 Å². The fraction of sp³-hybridized carbons (Fsp3) is 0.278. The van der Waals surface area contributed by atoms with Gasteiger partial charge in [0.1, 0.15) is 5.75 Å². The minimum Gasteiger partial charge on any atom is -0.484 e. The van der Waals surface area contributed by atoms with E-state index in [9.17, 15) is 4.79 Å². The molecule has 0 saturated carbocycles. The molecule has 2 aromatic carbocycles. The van der Waals surface area contributed by atoms with Crippen LogP contribution in [0, 0.1) is 20.8 Å². The Bertz CT molecular complexity index is 640. The van der Waals surface area contributed by atoms with Crippen LogP contribution in [-0.4, -0.2) is 17.6 Å². The highest BCUT2D eigenvalue weighted by atomic mass is 16.5. The molecule has 0 radical (unpaired) electrons. The summed E-state index contributed by atoms with van der Waals surface area (Å²) < 4.78 is 5.45. The zero-order valence-electron chi connectivity index (χ0n) is 13.1. The van der Waals surface area contributed by atoms with Gasteiger partial charge in [-0.3, -0.25) is 4.79 Å². The number of anilines is 1. The quantitative estimate of drug-likeness (QED) is 0.892. The van der Waals surface area contributed by atoms with Crippen LogP contribution >= 0.6 is 0 Å². The summed E-state index contributed by atoms with van der Waals surface area (Å²) in [5.74, 6) is 0.408. The molecular weight excluding hydrogens is 278 g/mol. The summed E-state index contributed by atoms with van der Waals surface area (Å²) in [6.45, 7) is 5.93. The Hall–Kier alpha value is -2.33. The van der Waals surface area contributed by atoms with Crippen molar-refractivity contribution >= 4 is 11.6 Å². The number of carbonyl (C=O) groups excluding carboxylic acids is 1. The normalized spacial score (nSPS) is 10.4. The summed E-state index contributed by atoms with van der Waals surface area (Å²) in [5.41, 5.74) is 4.90. The number of aliphatic hydroxyl groups is 1. The number of ether oxygens (including phenoxy) is 1. The predicted octanol–water partition coefficient (Wildman–Crippen LogP) is 3.12. The molecule has 0 aliphatic rings. The van der Waals surface area contributed by atoms with E-state index in [1.165, 1.54) is 5.56 Å². The van der Waals surface area contributed by atoms with Gasteiger partial charge in [-0.25, -0.2) is 0 Å². The van der Waals surface area contributed by atoms with Crippen molar-refractivity contribution in [3.63, 3.8) is 0 Å². The lowest BCUT2D eigenvalue weighted by molar-refractivity contribution is -0.118.